The van der Waals surface area contributed by atoms with Crippen molar-refractivity contribution in [3.05, 3.63) is 107 Å². The smallest absolute Gasteiger partial charge is 0.421 e. The molecule has 186 valence electrons. The number of Topliss-reactive ketones (excluding diaryl/α,β-unsaturated/α-hetero) is 1. The maximum absolute atomic E-state index is 14.5. The molecule has 7 nitrogen and oxygen atoms in total. The van der Waals surface area contributed by atoms with Crippen molar-refractivity contribution >= 4 is 29.3 Å². The number of para-hydroxylation sites is 1. The standard InChI is InChI=1S/C30H25NO6/c1-29(2,3)37-28(35)31-24-12-8-7-11-22(24)30(27(31)34,18-13-15-19(36-4)16-14-18)23-17-25(32)20-9-5-6-10-21(20)26(23)33/h5-17H,1-4H3/t30-/m1/s1. The van der Waals surface area contributed by atoms with Crippen molar-refractivity contribution < 1.29 is 28.7 Å². The molecule has 1 heterocycles. The predicted molar refractivity (Wildman–Crippen MR) is 137 cm³/mol. The summed E-state index contributed by atoms with van der Waals surface area (Å²) in [6, 6.07) is 20.0. The Morgan fingerprint density at radius 3 is 2.11 bits per heavy atom. The fourth-order valence-electron chi connectivity index (χ4n) is 5.00. The zero-order valence-corrected chi connectivity index (χ0v) is 20.9. The van der Waals surface area contributed by atoms with Crippen LogP contribution in [0.15, 0.2) is 84.4 Å². The topological polar surface area (TPSA) is 90.0 Å². The van der Waals surface area contributed by atoms with Crippen LogP contribution in [0, 0.1) is 0 Å². The normalized spacial score (nSPS) is 18.8. The number of hydrogen-bond donors (Lipinski definition) is 0. The predicted octanol–water partition coefficient (Wildman–Crippen LogP) is 5.27. The molecule has 1 atom stereocenters. The van der Waals surface area contributed by atoms with E-state index in [9.17, 15) is 19.2 Å². The minimum atomic E-state index is -1.76. The number of ketones is 2. The summed E-state index contributed by atoms with van der Waals surface area (Å²) in [5, 5.41) is 0. The molecule has 3 aromatic rings. The lowest BCUT2D eigenvalue weighted by Gasteiger charge is -2.33. The first-order chi connectivity index (χ1) is 17.6. The van der Waals surface area contributed by atoms with E-state index in [1.165, 1.54) is 13.2 Å². The van der Waals surface area contributed by atoms with Crippen LogP contribution in [0.1, 0.15) is 52.6 Å². The van der Waals surface area contributed by atoms with Crippen LogP contribution in [0.4, 0.5) is 10.5 Å². The highest BCUT2D eigenvalue weighted by Gasteiger charge is 2.59. The van der Waals surface area contributed by atoms with Gasteiger partial charge in [-0.2, -0.15) is 0 Å². The van der Waals surface area contributed by atoms with Gasteiger partial charge in [0.15, 0.2) is 11.6 Å². The van der Waals surface area contributed by atoms with Crippen LogP contribution in [0.3, 0.4) is 0 Å². The summed E-state index contributed by atoms with van der Waals surface area (Å²) in [5.41, 5.74) is -1.07. The molecule has 1 aliphatic carbocycles. The van der Waals surface area contributed by atoms with Crippen LogP contribution in [-0.4, -0.2) is 36.3 Å². The lowest BCUT2D eigenvalue weighted by Crippen LogP contribution is -2.48. The molecule has 2 amide bonds. The maximum atomic E-state index is 14.5. The first-order valence-electron chi connectivity index (χ1n) is 11.8. The van der Waals surface area contributed by atoms with Crippen molar-refractivity contribution in [2.24, 2.45) is 0 Å². The molecule has 2 aliphatic rings. The van der Waals surface area contributed by atoms with E-state index in [2.05, 4.69) is 0 Å². The number of methoxy groups -OCH3 is 1. The molecule has 7 heteroatoms. The SMILES string of the molecule is COc1ccc([C@@]2(C3=CC(=O)c4ccccc4C3=O)C(=O)N(C(=O)OC(C)(C)C)c3ccccc32)cc1. The van der Waals surface area contributed by atoms with Gasteiger partial charge in [-0.3, -0.25) is 14.4 Å². The molecule has 0 bridgehead atoms. The Balaban J connectivity index is 1.81. The van der Waals surface area contributed by atoms with Crippen LogP contribution in [-0.2, 0) is 14.9 Å². The Hall–Kier alpha value is -4.52. The van der Waals surface area contributed by atoms with Gasteiger partial charge in [0.1, 0.15) is 16.8 Å². The van der Waals surface area contributed by atoms with Crippen molar-refractivity contribution in [2.45, 2.75) is 31.8 Å². The molecule has 5 rings (SSSR count). The molecule has 0 N–H and O–H groups in total. The fraction of sp³-hybridized carbons (Fsp3) is 0.200. The van der Waals surface area contributed by atoms with Gasteiger partial charge in [-0.25, -0.2) is 9.69 Å². The number of amides is 2. The minimum Gasteiger partial charge on any atom is -0.497 e. The second-order valence-corrected chi connectivity index (χ2v) is 9.91. The Morgan fingerprint density at radius 1 is 0.838 bits per heavy atom. The molecular weight excluding hydrogens is 470 g/mol. The third kappa shape index (κ3) is 3.66. The van der Waals surface area contributed by atoms with Crippen LogP contribution in [0.5, 0.6) is 5.75 Å². The highest BCUT2D eigenvalue weighted by molar-refractivity contribution is 6.32. The number of fused-ring (bicyclic) bond motifs is 2. The van der Waals surface area contributed by atoms with Gasteiger partial charge in [-0.1, -0.05) is 54.6 Å². The van der Waals surface area contributed by atoms with Crippen LogP contribution >= 0.6 is 0 Å². The summed E-state index contributed by atoms with van der Waals surface area (Å²) in [4.78, 5) is 56.1. The average molecular weight is 496 g/mol. The van der Waals surface area contributed by atoms with Gasteiger partial charge >= 0.3 is 6.09 Å². The molecule has 0 spiro atoms. The maximum Gasteiger partial charge on any atom is 0.421 e. The summed E-state index contributed by atoms with van der Waals surface area (Å²) >= 11 is 0. The minimum absolute atomic E-state index is 0.0233. The first-order valence-corrected chi connectivity index (χ1v) is 11.8. The second-order valence-electron chi connectivity index (χ2n) is 9.91. The molecule has 0 fully saturated rings. The number of imide groups is 1. The molecule has 37 heavy (non-hydrogen) atoms. The van der Waals surface area contributed by atoms with E-state index in [-0.39, 0.29) is 28.2 Å². The zero-order valence-electron chi connectivity index (χ0n) is 20.9. The number of ether oxygens (including phenoxy) is 2. The van der Waals surface area contributed by atoms with Crippen LogP contribution in [0.2, 0.25) is 0 Å². The van der Waals surface area contributed by atoms with E-state index in [1.807, 2.05) is 0 Å². The Morgan fingerprint density at radius 2 is 1.46 bits per heavy atom. The Labute approximate surface area is 214 Å². The molecular formula is C30H25NO6. The van der Waals surface area contributed by atoms with E-state index in [1.54, 1.807) is 93.6 Å². The van der Waals surface area contributed by atoms with Crippen molar-refractivity contribution in [1.82, 2.24) is 0 Å². The van der Waals surface area contributed by atoms with Crippen LogP contribution < -0.4 is 9.64 Å². The number of carbonyl (C=O) groups excluding carboxylic acids is 4. The van der Waals surface area contributed by atoms with Gasteiger partial charge in [0, 0.05) is 22.3 Å². The van der Waals surface area contributed by atoms with E-state index >= 15 is 0 Å². The molecule has 0 aromatic heterocycles. The van der Waals surface area contributed by atoms with E-state index in [4.69, 9.17) is 9.47 Å². The molecule has 0 radical (unpaired) electrons. The zero-order chi connectivity index (χ0) is 26.5. The average Bonchev–Trinajstić information content (AvgIpc) is 3.14. The summed E-state index contributed by atoms with van der Waals surface area (Å²) in [6.45, 7) is 5.12. The van der Waals surface area contributed by atoms with Gasteiger partial charge in [0.05, 0.1) is 12.8 Å². The molecule has 1 aliphatic heterocycles. The highest BCUT2D eigenvalue weighted by Crippen LogP contribution is 2.52. The molecule has 0 saturated heterocycles. The number of nitrogens with zero attached hydrogens (tertiary/aromatic N) is 1. The van der Waals surface area contributed by atoms with Crippen LogP contribution in [0.25, 0.3) is 0 Å². The van der Waals surface area contributed by atoms with E-state index in [0.717, 1.165) is 4.90 Å². The first kappa shape index (κ1) is 24.2. The number of carbonyl (C=O) groups is 4. The van der Waals surface area contributed by atoms with Gasteiger partial charge in [-0.05, 0) is 50.6 Å². The number of rotatable bonds is 3. The number of benzene rings is 3. The molecule has 0 unspecified atom stereocenters. The van der Waals surface area contributed by atoms with E-state index < -0.39 is 28.8 Å². The van der Waals surface area contributed by atoms with Gasteiger partial charge < -0.3 is 9.47 Å². The number of allylic oxidation sites excluding steroid dienone is 1. The third-order valence-electron chi connectivity index (χ3n) is 6.53. The van der Waals surface area contributed by atoms with Gasteiger partial charge in [0.2, 0.25) is 0 Å². The molecule has 3 aromatic carbocycles. The second kappa shape index (κ2) is 8.55. The largest absolute Gasteiger partial charge is 0.497 e. The lowest BCUT2D eigenvalue weighted by atomic mass is 9.65. The Kier molecular flexibility index (Phi) is 5.59. The van der Waals surface area contributed by atoms with Crippen molar-refractivity contribution in [2.75, 3.05) is 12.0 Å². The summed E-state index contributed by atoms with van der Waals surface area (Å²) in [7, 11) is 1.52. The van der Waals surface area contributed by atoms with Gasteiger partial charge in [0.25, 0.3) is 5.91 Å². The quantitative estimate of drug-likeness (QED) is 0.492. The summed E-state index contributed by atoms with van der Waals surface area (Å²) in [6.07, 6.45) is 0.359. The van der Waals surface area contributed by atoms with Crippen molar-refractivity contribution in [3.8, 4) is 5.75 Å². The number of hydrogen-bond acceptors (Lipinski definition) is 6. The highest BCUT2D eigenvalue weighted by atomic mass is 16.6. The van der Waals surface area contributed by atoms with Crippen molar-refractivity contribution in [3.63, 3.8) is 0 Å². The fourth-order valence-corrected chi connectivity index (χ4v) is 5.00. The Bertz CT molecular complexity index is 1490. The monoisotopic (exact) mass is 495 g/mol. The summed E-state index contributed by atoms with van der Waals surface area (Å²) in [5.74, 6) is -0.994. The summed E-state index contributed by atoms with van der Waals surface area (Å²) < 4.78 is 10.9. The third-order valence-corrected chi connectivity index (χ3v) is 6.53. The molecule has 0 saturated carbocycles. The van der Waals surface area contributed by atoms with E-state index in [0.29, 0.717) is 16.9 Å². The van der Waals surface area contributed by atoms with Crippen molar-refractivity contribution in [1.29, 1.82) is 0 Å². The van der Waals surface area contributed by atoms with Gasteiger partial charge in [-0.15, -0.1) is 0 Å². The lowest BCUT2D eigenvalue weighted by molar-refractivity contribution is -0.120. The number of anilines is 1.